The predicted octanol–water partition coefficient (Wildman–Crippen LogP) is 4.77. The summed E-state index contributed by atoms with van der Waals surface area (Å²) in [6.07, 6.45) is 2.96. The molecule has 23 heavy (non-hydrogen) atoms. The Morgan fingerprint density at radius 2 is 2.22 bits per heavy atom. The highest BCUT2D eigenvalue weighted by atomic mass is 35.5. The maximum atomic E-state index is 13.3. The first-order valence-corrected chi connectivity index (χ1v) is 9.16. The lowest BCUT2D eigenvalue weighted by molar-refractivity contribution is 0.578. The summed E-state index contributed by atoms with van der Waals surface area (Å²) in [5.74, 6) is -0.154. The molecule has 5 heteroatoms. The average molecular weight is 349 g/mol. The van der Waals surface area contributed by atoms with E-state index in [0.29, 0.717) is 0 Å². The van der Waals surface area contributed by atoms with Crippen LogP contribution in [0.1, 0.15) is 23.2 Å². The van der Waals surface area contributed by atoms with Crippen molar-refractivity contribution in [2.75, 3.05) is 6.54 Å². The monoisotopic (exact) mass is 348 g/mol. The van der Waals surface area contributed by atoms with Crippen molar-refractivity contribution in [2.24, 2.45) is 0 Å². The number of benzene rings is 1. The smallest absolute Gasteiger partial charge is 0.123 e. The fourth-order valence-corrected chi connectivity index (χ4v) is 4.77. The molecule has 0 spiro atoms. The van der Waals surface area contributed by atoms with Crippen molar-refractivity contribution in [3.63, 3.8) is 0 Å². The summed E-state index contributed by atoms with van der Waals surface area (Å²) >= 11 is 7.90. The first kappa shape index (κ1) is 15.2. The van der Waals surface area contributed by atoms with Gasteiger partial charge in [0, 0.05) is 37.3 Å². The molecule has 0 aliphatic carbocycles. The maximum Gasteiger partial charge on any atom is 0.123 e. The van der Waals surface area contributed by atoms with Gasteiger partial charge < -0.3 is 9.88 Å². The zero-order chi connectivity index (χ0) is 15.8. The summed E-state index contributed by atoms with van der Waals surface area (Å²) in [6.45, 7) is 2.91. The molecule has 3 heterocycles. The molecule has 1 N–H and O–H groups in total. The Labute approximate surface area is 143 Å². The van der Waals surface area contributed by atoms with E-state index in [-0.39, 0.29) is 5.82 Å². The number of aromatic nitrogens is 1. The van der Waals surface area contributed by atoms with Gasteiger partial charge in [0.25, 0.3) is 0 Å². The SMILES string of the molecule is Fc1cccc(CCCn2c3c(c4sc(Cl)cc42)CNCC3)c1. The molecule has 0 saturated carbocycles. The van der Waals surface area contributed by atoms with E-state index in [1.807, 2.05) is 6.07 Å². The number of aryl methyl sites for hydroxylation is 2. The van der Waals surface area contributed by atoms with Gasteiger partial charge in [-0.3, -0.25) is 0 Å². The molecule has 1 aromatic carbocycles. The summed E-state index contributed by atoms with van der Waals surface area (Å²) in [5, 5.41) is 3.45. The number of nitrogens with zero attached hydrogens (tertiary/aromatic N) is 1. The van der Waals surface area contributed by atoms with E-state index >= 15 is 0 Å². The van der Waals surface area contributed by atoms with E-state index in [0.717, 1.165) is 48.8 Å². The number of halogens is 2. The second kappa shape index (κ2) is 6.27. The summed E-state index contributed by atoms with van der Waals surface area (Å²) in [6, 6.07) is 8.99. The predicted molar refractivity (Wildman–Crippen MR) is 95.0 cm³/mol. The van der Waals surface area contributed by atoms with Crippen LogP contribution < -0.4 is 5.32 Å². The Morgan fingerprint density at radius 1 is 1.30 bits per heavy atom. The second-order valence-corrected chi connectivity index (χ2v) is 7.69. The average Bonchev–Trinajstić information content (AvgIpc) is 3.04. The van der Waals surface area contributed by atoms with E-state index in [4.69, 9.17) is 11.6 Å². The molecule has 120 valence electrons. The highest BCUT2D eigenvalue weighted by Crippen LogP contribution is 2.37. The van der Waals surface area contributed by atoms with Gasteiger partial charge in [0.1, 0.15) is 5.82 Å². The van der Waals surface area contributed by atoms with Crippen molar-refractivity contribution in [1.82, 2.24) is 9.88 Å². The molecule has 0 atom stereocenters. The van der Waals surface area contributed by atoms with E-state index < -0.39 is 0 Å². The number of rotatable bonds is 4. The molecule has 0 fully saturated rings. The van der Waals surface area contributed by atoms with Crippen molar-refractivity contribution < 1.29 is 4.39 Å². The number of hydrogen-bond donors (Lipinski definition) is 1. The van der Waals surface area contributed by atoms with E-state index in [9.17, 15) is 4.39 Å². The zero-order valence-corrected chi connectivity index (χ0v) is 14.3. The minimum absolute atomic E-state index is 0.154. The van der Waals surface area contributed by atoms with Crippen LogP contribution in [0.3, 0.4) is 0 Å². The quantitative estimate of drug-likeness (QED) is 0.718. The van der Waals surface area contributed by atoms with E-state index in [1.165, 1.54) is 27.5 Å². The topological polar surface area (TPSA) is 17.0 Å². The lowest BCUT2D eigenvalue weighted by atomic mass is 10.1. The molecule has 2 aromatic heterocycles. The van der Waals surface area contributed by atoms with Crippen LogP contribution in [-0.4, -0.2) is 11.1 Å². The first-order chi connectivity index (χ1) is 11.2. The van der Waals surface area contributed by atoms with Gasteiger partial charge in [0.2, 0.25) is 0 Å². The normalized spacial score (nSPS) is 14.3. The van der Waals surface area contributed by atoms with Gasteiger partial charge >= 0.3 is 0 Å². The number of fused-ring (bicyclic) bond motifs is 3. The van der Waals surface area contributed by atoms with Crippen LogP contribution in [0.5, 0.6) is 0 Å². The highest BCUT2D eigenvalue weighted by molar-refractivity contribution is 7.22. The Bertz CT molecular complexity index is 852. The molecule has 0 radical (unpaired) electrons. The van der Waals surface area contributed by atoms with Gasteiger partial charge in [-0.25, -0.2) is 4.39 Å². The molecular formula is C18H18ClFN2S. The Hall–Kier alpha value is -1.36. The van der Waals surface area contributed by atoms with Crippen LogP contribution in [0, 0.1) is 5.82 Å². The fraction of sp³-hybridized carbons (Fsp3) is 0.333. The Morgan fingerprint density at radius 3 is 3.09 bits per heavy atom. The van der Waals surface area contributed by atoms with Gasteiger partial charge in [0.15, 0.2) is 0 Å². The third-order valence-corrected chi connectivity index (χ3v) is 5.81. The van der Waals surface area contributed by atoms with E-state index in [2.05, 4.69) is 16.0 Å². The lowest BCUT2D eigenvalue weighted by Crippen LogP contribution is -2.24. The lowest BCUT2D eigenvalue weighted by Gasteiger charge is -2.17. The third kappa shape index (κ3) is 2.91. The summed E-state index contributed by atoms with van der Waals surface area (Å²) < 4.78 is 17.9. The van der Waals surface area contributed by atoms with E-state index in [1.54, 1.807) is 23.5 Å². The third-order valence-electron chi connectivity index (χ3n) is 4.50. The molecule has 1 aliphatic rings. The van der Waals surface area contributed by atoms with Gasteiger partial charge in [-0.2, -0.15) is 0 Å². The molecule has 0 unspecified atom stereocenters. The summed E-state index contributed by atoms with van der Waals surface area (Å²) in [4.78, 5) is 0. The van der Waals surface area contributed by atoms with Crippen molar-refractivity contribution >= 4 is 33.2 Å². The zero-order valence-electron chi connectivity index (χ0n) is 12.7. The maximum absolute atomic E-state index is 13.3. The Balaban J connectivity index is 1.58. The van der Waals surface area contributed by atoms with Gasteiger partial charge in [-0.1, -0.05) is 23.7 Å². The molecule has 2 nitrogen and oxygen atoms in total. The van der Waals surface area contributed by atoms with Crippen molar-refractivity contribution in [3.05, 3.63) is 57.3 Å². The first-order valence-electron chi connectivity index (χ1n) is 7.97. The van der Waals surface area contributed by atoms with Gasteiger partial charge in [-0.15, -0.1) is 11.3 Å². The Kier molecular flexibility index (Phi) is 4.14. The number of thiophene rings is 1. The number of hydrogen-bond acceptors (Lipinski definition) is 2. The van der Waals surface area contributed by atoms with Gasteiger partial charge in [-0.05, 0) is 36.6 Å². The molecule has 1 aliphatic heterocycles. The van der Waals surface area contributed by atoms with Crippen LogP contribution in [0.15, 0.2) is 30.3 Å². The standard InChI is InChI=1S/C18H18ClFN2S/c19-17-10-16-18(23-17)14-11-21-7-6-15(14)22(16)8-2-4-12-3-1-5-13(20)9-12/h1,3,5,9-10,21H,2,4,6-8,11H2. The molecule has 4 rings (SSSR count). The largest absolute Gasteiger partial charge is 0.343 e. The minimum Gasteiger partial charge on any atom is -0.343 e. The molecule has 3 aromatic rings. The van der Waals surface area contributed by atoms with Crippen LogP contribution in [0.25, 0.3) is 10.2 Å². The van der Waals surface area contributed by atoms with Crippen molar-refractivity contribution in [2.45, 2.75) is 32.4 Å². The second-order valence-electron chi connectivity index (χ2n) is 6.00. The van der Waals surface area contributed by atoms with Crippen LogP contribution in [0.4, 0.5) is 4.39 Å². The van der Waals surface area contributed by atoms with Gasteiger partial charge in [0.05, 0.1) is 14.6 Å². The summed E-state index contributed by atoms with van der Waals surface area (Å²) in [5.41, 5.74) is 5.18. The van der Waals surface area contributed by atoms with Crippen molar-refractivity contribution in [3.8, 4) is 0 Å². The molecule has 0 amide bonds. The molecule has 0 saturated heterocycles. The fourth-order valence-electron chi connectivity index (χ4n) is 3.49. The van der Waals surface area contributed by atoms with Crippen LogP contribution >= 0.6 is 22.9 Å². The minimum atomic E-state index is -0.154. The van der Waals surface area contributed by atoms with Crippen LogP contribution in [0.2, 0.25) is 4.34 Å². The molecular weight excluding hydrogens is 331 g/mol. The summed E-state index contributed by atoms with van der Waals surface area (Å²) in [7, 11) is 0. The highest BCUT2D eigenvalue weighted by Gasteiger charge is 2.21. The van der Waals surface area contributed by atoms with Crippen LogP contribution in [-0.2, 0) is 25.9 Å². The van der Waals surface area contributed by atoms with Crippen molar-refractivity contribution in [1.29, 1.82) is 0 Å². The number of nitrogens with one attached hydrogen (secondary N) is 1. The molecule has 0 bridgehead atoms.